The van der Waals surface area contributed by atoms with E-state index < -0.39 is 24.2 Å². The van der Waals surface area contributed by atoms with E-state index in [1.54, 1.807) is 0 Å². The molecule has 0 unspecified atom stereocenters. The summed E-state index contributed by atoms with van der Waals surface area (Å²) in [6, 6.07) is 5.41. The zero-order chi connectivity index (χ0) is 21.7. The zero-order valence-corrected chi connectivity index (χ0v) is 15.7. The van der Waals surface area contributed by atoms with Gasteiger partial charge in [-0.25, -0.2) is 4.39 Å². The van der Waals surface area contributed by atoms with Crippen molar-refractivity contribution in [1.82, 2.24) is 15.5 Å². The molecule has 0 saturated heterocycles. The van der Waals surface area contributed by atoms with Gasteiger partial charge < -0.3 is 14.5 Å². The molecule has 0 spiro atoms. The van der Waals surface area contributed by atoms with E-state index >= 15 is 0 Å². The standard InChI is InChI=1S/C19H19F4N3O4/c1-11(24-16(27)10-28-14-4-2-3-13(20)9-14)5-6-17-25-26-18(29-17)12-7-15(8-12)30-19(21,22)23/h2-4,9,12,15H,1,5-8,10H2,(H,24,27)/t12-,15+. The molecule has 0 aliphatic heterocycles. The number of amides is 1. The third kappa shape index (κ3) is 6.55. The van der Waals surface area contributed by atoms with Gasteiger partial charge in [0.15, 0.2) is 6.61 Å². The number of aryl methyl sites for hydroxylation is 1. The second kappa shape index (κ2) is 9.24. The topological polar surface area (TPSA) is 86.5 Å². The normalized spacial score (nSPS) is 18.5. The largest absolute Gasteiger partial charge is 0.522 e. The van der Waals surface area contributed by atoms with Crippen LogP contribution in [0.5, 0.6) is 5.75 Å². The summed E-state index contributed by atoms with van der Waals surface area (Å²) in [7, 11) is 0. The van der Waals surface area contributed by atoms with Crippen LogP contribution in [0.25, 0.3) is 0 Å². The van der Waals surface area contributed by atoms with Crippen LogP contribution in [0.3, 0.4) is 0 Å². The highest BCUT2D eigenvalue weighted by Crippen LogP contribution is 2.40. The lowest BCUT2D eigenvalue weighted by Gasteiger charge is -2.32. The first kappa shape index (κ1) is 21.8. The Morgan fingerprint density at radius 3 is 2.77 bits per heavy atom. The van der Waals surface area contributed by atoms with E-state index in [1.807, 2.05) is 0 Å². The SMILES string of the molecule is C=C(CCc1nnc([C@H]2C[C@@H](OC(F)(F)F)C2)o1)NC(=O)COc1cccc(F)c1. The van der Waals surface area contributed by atoms with E-state index in [0.717, 1.165) is 6.07 Å². The Kier molecular flexibility index (Phi) is 6.70. The van der Waals surface area contributed by atoms with Gasteiger partial charge in [-0.1, -0.05) is 12.6 Å². The predicted molar refractivity (Wildman–Crippen MR) is 94.7 cm³/mol. The molecule has 1 aromatic carbocycles. The Labute approximate surface area is 169 Å². The van der Waals surface area contributed by atoms with Crippen LogP contribution in [-0.2, 0) is 16.0 Å². The van der Waals surface area contributed by atoms with Crippen molar-refractivity contribution in [3.8, 4) is 5.75 Å². The van der Waals surface area contributed by atoms with Gasteiger partial charge in [0.1, 0.15) is 11.6 Å². The zero-order valence-electron chi connectivity index (χ0n) is 15.7. The van der Waals surface area contributed by atoms with Crippen LogP contribution in [0.15, 0.2) is 41.0 Å². The summed E-state index contributed by atoms with van der Waals surface area (Å²) >= 11 is 0. The molecule has 11 heteroatoms. The maximum atomic E-state index is 13.1. The van der Waals surface area contributed by atoms with Crippen LogP contribution in [0.2, 0.25) is 0 Å². The average Bonchev–Trinajstić information content (AvgIpc) is 3.09. The molecule has 0 atom stereocenters. The minimum Gasteiger partial charge on any atom is -0.484 e. The quantitative estimate of drug-likeness (QED) is 0.613. The highest BCUT2D eigenvalue weighted by molar-refractivity contribution is 5.79. The number of alkyl halides is 3. The number of carbonyl (C=O) groups excluding carboxylic acids is 1. The molecule has 0 bridgehead atoms. The van der Waals surface area contributed by atoms with Crippen LogP contribution in [-0.4, -0.2) is 35.2 Å². The molecule has 1 aliphatic rings. The van der Waals surface area contributed by atoms with E-state index in [-0.39, 0.29) is 42.9 Å². The smallest absolute Gasteiger partial charge is 0.484 e. The predicted octanol–water partition coefficient (Wildman–Crippen LogP) is 3.63. The molecule has 3 rings (SSSR count). The molecule has 1 saturated carbocycles. The summed E-state index contributed by atoms with van der Waals surface area (Å²) < 4.78 is 64.1. The van der Waals surface area contributed by atoms with Gasteiger partial charge in [0.25, 0.3) is 5.91 Å². The Balaban J connectivity index is 1.36. The number of rotatable bonds is 9. The van der Waals surface area contributed by atoms with Gasteiger partial charge >= 0.3 is 6.36 Å². The molecular formula is C19H19F4N3O4. The van der Waals surface area contributed by atoms with Crippen molar-refractivity contribution in [2.24, 2.45) is 0 Å². The lowest BCUT2D eigenvalue weighted by molar-refractivity contribution is -0.352. The van der Waals surface area contributed by atoms with Crippen molar-refractivity contribution >= 4 is 5.91 Å². The summed E-state index contributed by atoms with van der Waals surface area (Å²) in [6.45, 7) is 3.42. The molecule has 2 aromatic rings. The highest BCUT2D eigenvalue weighted by atomic mass is 19.4. The Morgan fingerprint density at radius 1 is 1.30 bits per heavy atom. The van der Waals surface area contributed by atoms with E-state index in [0.29, 0.717) is 18.5 Å². The summed E-state index contributed by atoms with van der Waals surface area (Å²) in [5.74, 6) is -0.404. The number of ether oxygens (including phenoxy) is 2. The Bertz CT molecular complexity index is 894. The van der Waals surface area contributed by atoms with Gasteiger partial charge in [-0.05, 0) is 31.4 Å². The fourth-order valence-electron chi connectivity index (χ4n) is 2.84. The number of benzene rings is 1. The summed E-state index contributed by atoms with van der Waals surface area (Å²) in [5.41, 5.74) is 0.393. The third-order valence-corrected chi connectivity index (χ3v) is 4.35. The highest BCUT2D eigenvalue weighted by Gasteiger charge is 2.42. The molecule has 1 aliphatic carbocycles. The van der Waals surface area contributed by atoms with Crippen molar-refractivity contribution in [2.45, 2.75) is 44.1 Å². The van der Waals surface area contributed by atoms with Crippen molar-refractivity contribution < 1.29 is 36.2 Å². The van der Waals surface area contributed by atoms with E-state index in [1.165, 1.54) is 18.2 Å². The fraction of sp³-hybridized carbons (Fsp3) is 0.421. The summed E-state index contributed by atoms with van der Waals surface area (Å²) in [4.78, 5) is 11.9. The van der Waals surface area contributed by atoms with Gasteiger partial charge in [-0.2, -0.15) is 0 Å². The number of hydrogen-bond acceptors (Lipinski definition) is 6. The van der Waals surface area contributed by atoms with Crippen LogP contribution < -0.4 is 10.1 Å². The molecule has 162 valence electrons. The number of allylic oxidation sites excluding steroid dienone is 1. The van der Waals surface area contributed by atoms with Crippen LogP contribution in [0, 0.1) is 5.82 Å². The lowest BCUT2D eigenvalue weighted by atomic mass is 9.82. The van der Waals surface area contributed by atoms with E-state index in [9.17, 15) is 22.4 Å². The maximum absolute atomic E-state index is 13.1. The number of nitrogens with one attached hydrogen (secondary N) is 1. The van der Waals surface area contributed by atoms with E-state index in [4.69, 9.17) is 9.15 Å². The van der Waals surface area contributed by atoms with Gasteiger partial charge in [0.2, 0.25) is 11.8 Å². The first-order valence-electron chi connectivity index (χ1n) is 9.11. The van der Waals surface area contributed by atoms with Gasteiger partial charge in [0.05, 0.1) is 6.10 Å². The number of nitrogens with zero attached hydrogens (tertiary/aromatic N) is 2. The number of carbonyl (C=O) groups is 1. The van der Waals surface area contributed by atoms with Crippen molar-refractivity contribution in [3.05, 3.63) is 54.1 Å². The van der Waals surface area contributed by atoms with Crippen molar-refractivity contribution in [1.29, 1.82) is 0 Å². The number of hydrogen-bond donors (Lipinski definition) is 1. The summed E-state index contributed by atoms with van der Waals surface area (Å²) in [6.07, 6.45) is -4.60. The summed E-state index contributed by atoms with van der Waals surface area (Å²) in [5, 5.41) is 10.3. The minimum atomic E-state index is -4.65. The van der Waals surface area contributed by atoms with Crippen molar-refractivity contribution in [3.63, 3.8) is 0 Å². The lowest BCUT2D eigenvalue weighted by Crippen LogP contribution is -2.34. The van der Waals surface area contributed by atoms with Crippen molar-refractivity contribution in [2.75, 3.05) is 6.61 Å². The van der Waals surface area contributed by atoms with E-state index in [2.05, 4.69) is 26.8 Å². The fourth-order valence-corrected chi connectivity index (χ4v) is 2.84. The monoisotopic (exact) mass is 429 g/mol. The first-order valence-corrected chi connectivity index (χ1v) is 9.11. The molecule has 1 N–H and O–H groups in total. The molecule has 0 radical (unpaired) electrons. The third-order valence-electron chi connectivity index (χ3n) is 4.35. The second-order valence-electron chi connectivity index (χ2n) is 6.79. The molecule has 1 aromatic heterocycles. The molecule has 1 fully saturated rings. The molecular weight excluding hydrogens is 410 g/mol. The van der Waals surface area contributed by atoms with Crippen LogP contribution in [0.1, 0.15) is 37.0 Å². The molecule has 1 heterocycles. The maximum Gasteiger partial charge on any atom is 0.522 e. The molecule has 1 amide bonds. The van der Waals surface area contributed by atoms with Crippen LogP contribution >= 0.6 is 0 Å². The van der Waals surface area contributed by atoms with Crippen LogP contribution in [0.4, 0.5) is 17.6 Å². The number of halogens is 4. The van der Waals surface area contributed by atoms with Gasteiger partial charge in [0, 0.05) is 24.1 Å². The Morgan fingerprint density at radius 2 is 2.07 bits per heavy atom. The molecule has 7 nitrogen and oxygen atoms in total. The minimum absolute atomic E-state index is 0.162. The van der Waals surface area contributed by atoms with Gasteiger partial charge in [-0.3, -0.25) is 9.53 Å². The van der Waals surface area contributed by atoms with Gasteiger partial charge in [-0.15, -0.1) is 23.4 Å². The Hall–Kier alpha value is -2.95. The second-order valence-corrected chi connectivity index (χ2v) is 6.79. The number of aromatic nitrogens is 2. The first-order chi connectivity index (χ1) is 14.2. The average molecular weight is 429 g/mol. The molecule has 30 heavy (non-hydrogen) atoms.